The van der Waals surface area contributed by atoms with Crippen LogP contribution < -0.4 is 10.6 Å². The highest BCUT2D eigenvalue weighted by Crippen LogP contribution is 2.40. The van der Waals surface area contributed by atoms with E-state index in [1.165, 1.54) is 43.4 Å². The molecule has 0 radical (unpaired) electrons. The Morgan fingerprint density at radius 2 is 1.64 bits per heavy atom. The summed E-state index contributed by atoms with van der Waals surface area (Å²) < 4.78 is 11.5. The Hall–Kier alpha value is -2.22. The van der Waals surface area contributed by atoms with Crippen LogP contribution in [0.15, 0.2) is 41.3 Å². The van der Waals surface area contributed by atoms with Gasteiger partial charge in [0.15, 0.2) is 0 Å². The number of hydrogen-bond donors (Lipinski definition) is 2. The van der Waals surface area contributed by atoms with Gasteiger partial charge in [-0.05, 0) is 61.2 Å². The minimum atomic E-state index is -1.48. The first kappa shape index (κ1) is 25.4. The lowest BCUT2D eigenvalue weighted by atomic mass is 9.96. The van der Waals surface area contributed by atoms with Gasteiger partial charge in [0.05, 0.1) is 30.1 Å². The van der Waals surface area contributed by atoms with E-state index < -0.39 is 17.7 Å². The minimum absolute atomic E-state index is 0.0175. The van der Waals surface area contributed by atoms with Gasteiger partial charge in [0.1, 0.15) is 0 Å². The van der Waals surface area contributed by atoms with Gasteiger partial charge in [0.25, 0.3) is 5.79 Å². The fourth-order valence-corrected chi connectivity index (χ4v) is 6.78. The Kier molecular flexibility index (Phi) is 8.09. The second kappa shape index (κ2) is 11.4. The molecule has 0 aromatic heterocycles. The van der Waals surface area contributed by atoms with Gasteiger partial charge in [-0.25, -0.2) is 0 Å². The molecule has 2 aromatic rings. The average Bonchev–Trinajstić information content (AvgIpc) is 3.28. The number of halogens is 1. The van der Waals surface area contributed by atoms with E-state index in [1.807, 2.05) is 11.8 Å². The van der Waals surface area contributed by atoms with Crippen LogP contribution in [0.1, 0.15) is 68.1 Å². The van der Waals surface area contributed by atoms with Crippen LogP contribution in [0.2, 0.25) is 5.02 Å². The van der Waals surface area contributed by atoms with Crippen LogP contribution in [0.25, 0.3) is 0 Å². The molecule has 2 N–H and O–H groups in total. The van der Waals surface area contributed by atoms with E-state index in [0.29, 0.717) is 30.1 Å². The molecule has 0 amide bonds. The third kappa shape index (κ3) is 5.84. The van der Waals surface area contributed by atoms with E-state index in [9.17, 15) is 9.59 Å². The summed E-state index contributed by atoms with van der Waals surface area (Å²) in [7, 11) is 0. The predicted molar refractivity (Wildman–Crippen MR) is 142 cm³/mol. The first-order chi connectivity index (χ1) is 17.5. The van der Waals surface area contributed by atoms with Crippen LogP contribution in [0, 0.1) is 0 Å². The van der Waals surface area contributed by atoms with Crippen molar-refractivity contribution in [2.45, 2.75) is 80.3 Å². The van der Waals surface area contributed by atoms with Crippen LogP contribution in [-0.4, -0.2) is 30.3 Å². The lowest BCUT2D eigenvalue weighted by Crippen LogP contribution is -2.43. The number of carbonyl (C=O) groups is 2. The molecule has 5 rings (SSSR count). The number of carbonyl (C=O) groups excluding carboxylic acids is 2. The molecular formula is C28H33ClN2O4S. The maximum Gasteiger partial charge on any atom is 0.309 e. The van der Waals surface area contributed by atoms with E-state index in [4.69, 9.17) is 21.1 Å². The van der Waals surface area contributed by atoms with E-state index in [-0.39, 0.29) is 19.4 Å². The molecule has 36 heavy (non-hydrogen) atoms. The molecule has 0 atom stereocenters. The molecule has 3 aliphatic rings. The van der Waals surface area contributed by atoms with Gasteiger partial charge in [-0.2, -0.15) is 0 Å². The van der Waals surface area contributed by atoms with Crippen molar-refractivity contribution >= 4 is 41.0 Å². The predicted octanol–water partition coefficient (Wildman–Crippen LogP) is 5.95. The van der Waals surface area contributed by atoms with Gasteiger partial charge in [-0.3, -0.25) is 9.59 Å². The zero-order chi connectivity index (χ0) is 25.0. The zero-order valence-electron chi connectivity index (χ0n) is 20.4. The number of nitrogens with one attached hydrogen (secondary N) is 2. The quantitative estimate of drug-likeness (QED) is 0.367. The SMILES string of the molecule is O=C1CCC(=O)OC2(CNCCc3c2ccc(Cl)c3NCc2ccc(SC3CCCCCC3)cc2)O1. The Balaban J connectivity index is 1.34. The fourth-order valence-electron chi connectivity index (χ4n) is 5.29. The summed E-state index contributed by atoms with van der Waals surface area (Å²) >= 11 is 8.65. The molecular weight excluding hydrogens is 496 g/mol. The van der Waals surface area contributed by atoms with Crippen molar-refractivity contribution in [3.05, 3.63) is 58.1 Å². The number of ether oxygens (including phenoxy) is 2. The summed E-state index contributed by atoms with van der Waals surface area (Å²) in [5.74, 6) is -2.36. The second-order valence-corrected chi connectivity index (χ2v) is 11.6. The fraction of sp³-hybridized carbons (Fsp3) is 0.500. The number of rotatable bonds is 5. The molecule has 2 aromatic carbocycles. The number of benzene rings is 2. The number of esters is 2. The summed E-state index contributed by atoms with van der Waals surface area (Å²) in [6.07, 6.45) is 8.75. The van der Waals surface area contributed by atoms with Gasteiger partial charge in [0.2, 0.25) is 0 Å². The van der Waals surface area contributed by atoms with Crippen molar-refractivity contribution in [3.8, 4) is 0 Å². The molecule has 8 heteroatoms. The van der Waals surface area contributed by atoms with Crippen LogP contribution in [0.5, 0.6) is 0 Å². The summed E-state index contributed by atoms with van der Waals surface area (Å²) in [5, 5.41) is 8.07. The van der Waals surface area contributed by atoms with Crippen molar-refractivity contribution in [3.63, 3.8) is 0 Å². The molecule has 1 saturated heterocycles. The maximum atomic E-state index is 12.3. The molecule has 1 spiro atoms. The van der Waals surface area contributed by atoms with E-state index >= 15 is 0 Å². The molecule has 2 heterocycles. The topological polar surface area (TPSA) is 76.7 Å². The molecule has 2 fully saturated rings. The highest BCUT2D eigenvalue weighted by atomic mass is 35.5. The maximum absolute atomic E-state index is 12.3. The van der Waals surface area contributed by atoms with E-state index in [0.717, 1.165) is 22.1 Å². The lowest BCUT2D eigenvalue weighted by molar-refractivity contribution is -0.225. The second-order valence-electron chi connectivity index (χ2n) is 9.81. The summed E-state index contributed by atoms with van der Waals surface area (Å²) in [6.45, 7) is 1.45. The molecule has 0 unspecified atom stereocenters. The molecule has 0 bridgehead atoms. The van der Waals surface area contributed by atoms with Crippen LogP contribution >= 0.6 is 23.4 Å². The summed E-state index contributed by atoms with van der Waals surface area (Å²) in [6, 6.07) is 12.3. The van der Waals surface area contributed by atoms with Gasteiger partial charge < -0.3 is 20.1 Å². The molecule has 2 aliphatic heterocycles. The number of hydrogen-bond acceptors (Lipinski definition) is 7. The third-order valence-corrected chi connectivity index (χ3v) is 8.83. The van der Waals surface area contributed by atoms with E-state index in [1.54, 1.807) is 12.1 Å². The Morgan fingerprint density at radius 1 is 0.944 bits per heavy atom. The van der Waals surface area contributed by atoms with Crippen LogP contribution in [0.4, 0.5) is 5.69 Å². The van der Waals surface area contributed by atoms with Gasteiger partial charge in [-0.15, -0.1) is 11.8 Å². The highest BCUT2D eigenvalue weighted by Gasteiger charge is 2.46. The Bertz CT molecular complexity index is 1080. The van der Waals surface area contributed by atoms with Crippen molar-refractivity contribution in [2.24, 2.45) is 0 Å². The molecule has 6 nitrogen and oxygen atoms in total. The van der Waals surface area contributed by atoms with Crippen LogP contribution in [0.3, 0.4) is 0 Å². The van der Waals surface area contributed by atoms with Gasteiger partial charge >= 0.3 is 11.9 Å². The van der Waals surface area contributed by atoms with Crippen molar-refractivity contribution in [2.75, 3.05) is 18.4 Å². The molecule has 1 aliphatic carbocycles. The molecule has 192 valence electrons. The van der Waals surface area contributed by atoms with Crippen molar-refractivity contribution in [1.29, 1.82) is 0 Å². The number of fused-ring (bicyclic) bond motifs is 2. The van der Waals surface area contributed by atoms with Crippen LogP contribution in [-0.2, 0) is 37.8 Å². The van der Waals surface area contributed by atoms with Gasteiger partial charge in [-0.1, -0.05) is 49.4 Å². The highest BCUT2D eigenvalue weighted by molar-refractivity contribution is 8.00. The summed E-state index contributed by atoms with van der Waals surface area (Å²) in [4.78, 5) is 26.0. The van der Waals surface area contributed by atoms with Crippen molar-refractivity contribution < 1.29 is 19.1 Å². The first-order valence-corrected chi connectivity index (χ1v) is 14.2. The zero-order valence-corrected chi connectivity index (χ0v) is 22.0. The van der Waals surface area contributed by atoms with E-state index in [2.05, 4.69) is 34.9 Å². The Labute approximate surface area is 221 Å². The third-order valence-electron chi connectivity index (χ3n) is 7.17. The van der Waals surface area contributed by atoms with Gasteiger partial charge in [0, 0.05) is 22.3 Å². The lowest BCUT2D eigenvalue weighted by Gasteiger charge is -2.32. The first-order valence-electron chi connectivity index (χ1n) is 13.0. The smallest absolute Gasteiger partial charge is 0.309 e. The van der Waals surface area contributed by atoms with Crippen molar-refractivity contribution in [1.82, 2.24) is 5.32 Å². The average molecular weight is 529 g/mol. The number of thioether (sulfide) groups is 1. The largest absolute Gasteiger partial charge is 0.416 e. The molecule has 1 saturated carbocycles. The monoisotopic (exact) mass is 528 g/mol. The number of anilines is 1. The normalized spacial score (nSPS) is 20.5. The standard InChI is InChI=1S/C28H33ClN2O4S/c29-24-12-11-23-22(15-16-30-18-28(23)34-25(32)13-14-26(33)35-28)27(24)31-17-19-7-9-21(10-8-19)36-20-5-3-1-2-4-6-20/h7-12,20,30-31H,1-6,13-18H2. The minimum Gasteiger partial charge on any atom is -0.416 e. The summed E-state index contributed by atoms with van der Waals surface area (Å²) in [5.41, 5.74) is 3.50. The Morgan fingerprint density at radius 3 is 2.33 bits per heavy atom.